The molecule has 18 heavy (non-hydrogen) atoms. The number of hydrogen-bond donors (Lipinski definition) is 2. The molecule has 0 spiro atoms. The van der Waals surface area contributed by atoms with Gasteiger partial charge in [-0.15, -0.1) is 0 Å². The van der Waals surface area contributed by atoms with Crippen molar-refractivity contribution in [3.8, 4) is 0 Å². The fraction of sp³-hybridized carbons (Fsp3) is 0.929. The van der Waals surface area contributed by atoms with Gasteiger partial charge in [-0.25, -0.2) is 0 Å². The van der Waals surface area contributed by atoms with Crippen LogP contribution in [-0.4, -0.2) is 43.1 Å². The Balaban J connectivity index is 1.60. The van der Waals surface area contributed by atoms with Crippen LogP contribution in [0.5, 0.6) is 0 Å². The molecular weight excluding hydrogens is 224 g/mol. The molecule has 2 fully saturated rings. The predicted octanol–water partition coefficient (Wildman–Crippen LogP) is 1.57. The lowest BCUT2D eigenvalue weighted by Crippen LogP contribution is -2.39. The van der Waals surface area contributed by atoms with Crippen LogP contribution in [0.2, 0.25) is 0 Å². The number of hydrogen-bond acceptors (Lipinski definition) is 2. The van der Waals surface area contributed by atoms with Gasteiger partial charge in [0.1, 0.15) is 0 Å². The average molecular weight is 252 g/mol. The lowest BCUT2D eigenvalue weighted by molar-refractivity contribution is 0.197. The van der Waals surface area contributed by atoms with Gasteiger partial charge in [0.15, 0.2) is 5.96 Å². The lowest BCUT2D eigenvalue weighted by Gasteiger charge is -2.29. The highest BCUT2D eigenvalue weighted by Gasteiger charge is 2.16. The Morgan fingerprint density at radius 1 is 1.22 bits per heavy atom. The summed E-state index contributed by atoms with van der Waals surface area (Å²) in [5.74, 6) is 1.55. The van der Waals surface area contributed by atoms with Gasteiger partial charge in [0, 0.05) is 12.6 Å². The van der Waals surface area contributed by atoms with Crippen molar-refractivity contribution in [1.82, 2.24) is 10.2 Å². The molecule has 1 saturated carbocycles. The summed E-state index contributed by atoms with van der Waals surface area (Å²) in [6.07, 6.45) is 7.83. The number of rotatable bonds is 4. The SMILES string of the molecule is CC1CCN(CCN=C(N)NC2CCCC2)CC1. The molecule has 1 aliphatic carbocycles. The summed E-state index contributed by atoms with van der Waals surface area (Å²) >= 11 is 0. The number of nitrogens with two attached hydrogens (primary N) is 1. The fourth-order valence-corrected chi connectivity index (χ4v) is 2.92. The molecule has 1 saturated heterocycles. The third-order valence-electron chi connectivity index (χ3n) is 4.28. The third kappa shape index (κ3) is 4.48. The van der Waals surface area contributed by atoms with Crippen LogP contribution in [0.15, 0.2) is 4.99 Å². The minimum atomic E-state index is 0.574. The van der Waals surface area contributed by atoms with Gasteiger partial charge in [0.25, 0.3) is 0 Å². The minimum absolute atomic E-state index is 0.574. The lowest BCUT2D eigenvalue weighted by atomic mass is 9.99. The molecule has 4 nitrogen and oxygen atoms in total. The smallest absolute Gasteiger partial charge is 0.188 e. The van der Waals surface area contributed by atoms with Crippen molar-refractivity contribution in [1.29, 1.82) is 0 Å². The Morgan fingerprint density at radius 3 is 2.56 bits per heavy atom. The quantitative estimate of drug-likeness (QED) is 0.590. The Hall–Kier alpha value is -0.770. The Morgan fingerprint density at radius 2 is 1.89 bits per heavy atom. The molecule has 0 aromatic carbocycles. The highest BCUT2D eigenvalue weighted by molar-refractivity contribution is 5.78. The average Bonchev–Trinajstić information content (AvgIpc) is 2.84. The molecule has 1 aliphatic heterocycles. The number of aliphatic imine (C=N–C) groups is 1. The van der Waals surface area contributed by atoms with E-state index in [9.17, 15) is 0 Å². The van der Waals surface area contributed by atoms with E-state index in [0.717, 1.165) is 19.0 Å². The largest absolute Gasteiger partial charge is 0.370 e. The van der Waals surface area contributed by atoms with Crippen LogP contribution in [0.3, 0.4) is 0 Å². The maximum Gasteiger partial charge on any atom is 0.188 e. The van der Waals surface area contributed by atoms with Crippen molar-refractivity contribution >= 4 is 5.96 Å². The van der Waals surface area contributed by atoms with Crippen LogP contribution < -0.4 is 11.1 Å². The van der Waals surface area contributed by atoms with E-state index in [4.69, 9.17) is 5.73 Å². The Kier molecular flexibility index (Phi) is 5.29. The van der Waals surface area contributed by atoms with Crippen LogP contribution in [0.1, 0.15) is 45.4 Å². The van der Waals surface area contributed by atoms with Crippen molar-refractivity contribution in [3.05, 3.63) is 0 Å². The number of piperidine rings is 1. The molecule has 0 aromatic heterocycles. The van der Waals surface area contributed by atoms with E-state index in [1.54, 1.807) is 0 Å². The van der Waals surface area contributed by atoms with E-state index in [1.165, 1.54) is 51.6 Å². The van der Waals surface area contributed by atoms with Crippen LogP contribution in [0.4, 0.5) is 0 Å². The van der Waals surface area contributed by atoms with Gasteiger partial charge in [-0.2, -0.15) is 0 Å². The van der Waals surface area contributed by atoms with Crippen molar-refractivity contribution in [2.45, 2.75) is 51.5 Å². The van der Waals surface area contributed by atoms with Gasteiger partial charge in [-0.3, -0.25) is 4.99 Å². The monoisotopic (exact) mass is 252 g/mol. The van der Waals surface area contributed by atoms with Crippen molar-refractivity contribution < 1.29 is 0 Å². The first-order valence-corrected chi connectivity index (χ1v) is 7.53. The first-order valence-electron chi connectivity index (χ1n) is 7.53. The van der Waals surface area contributed by atoms with Crippen molar-refractivity contribution in [2.24, 2.45) is 16.6 Å². The van der Waals surface area contributed by atoms with Gasteiger partial charge in [0.05, 0.1) is 6.54 Å². The van der Waals surface area contributed by atoms with E-state index in [2.05, 4.69) is 22.1 Å². The number of likely N-dealkylation sites (tertiary alicyclic amines) is 1. The summed E-state index contributed by atoms with van der Waals surface area (Å²) in [5.41, 5.74) is 5.91. The molecule has 0 amide bonds. The number of nitrogens with one attached hydrogen (secondary N) is 1. The molecule has 0 aromatic rings. The molecule has 0 bridgehead atoms. The first kappa shape index (κ1) is 13.7. The highest BCUT2D eigenvalue weighted by Crippen LogP contribution is 2.17. The van der Waals surface area contributed by atoms with E-state index >= 15 is 0 Å². The summed E-state index contributed by atoms with van der Waals surface area (Å²) in [5, 5.41) is 3.33. The topological polar surface area (TPSA) is 53.6 Å². The second-order valence-corrected chi connectivity index (χ2v) is 5.92. The predicted molar refractivity (Wildman–Crippen MR) is 76.7 cm³/mol. The minimum Gasteiger partial charge on any atom is -0.370 e. The van der Waals surface area contributed by atoms with E-state index in [0.29, 0.717) is 12.0 Å². The summed E-state index contributed by atoms with van der Waals surface area (Å²) in [6.45, 7) is 6.69. The van der Waals surface area contributed by atoms with Gasteiger partial charge in [-0.1, -0.05) is 19.8 Å². The molecule has 3 N–H and O–H groups in total. The zero-order valence-electron chi connectivity index (χ0n) is 11.7. The van der Waals surface area contributed by atoms with Crippen molar-refractivity contribution in [2.75, 3.05) is 26.2 Å². The van der Waals surface area contributed by atoms with Gasteiger partial charge >= 0.3 is 0 Å². The molecule has 0 unspecified atom stereocenters. The Bertz CT molecular complexity index is 263. The first-order chi connectivity index (χ1) is 8.74. The maximum absolute atomic E-state index is 5.91. The zero-order chi connectivity index (χ0) is 12.8. The van der Waals surface area contributed by atoms with E-state index < -0.39 is 0 Å². The highest BCUT2D eigenvalue weighted by atomic mass is 15.2. The molecule has 2 rings (SSSR count). The zero-order valence-corrected chi connectivity index (χ0v) is 11.7. The number of guanidine groups is 1. The second-order valence-electron chi connectivity index (χ2n) is 5.92. The normalized spacial score (nSPS) is 24.6. The van der Waals surface area contributed by atoms with Gasteiger partial charge < -0.3 is 16.0 Å². The van der Waals surface area contributed by atoms with Crippen LogP contribution in [0.25, 0.3) is 0 Å². The molecule has 0 radical (unpaired) electrons. The molecule has 0 atom stereocenters. The van der Waals surface area contributed by atoms with Crippen LogP contribution >= 0.6 is 0 Å². The van der Waals surface area contributed by atoms with E-state index in [1.807, 2.05) is 0 Å². The maximum atomic E-state index is 5.91. The summed E-state index contributed by atoms with van der Waals surface area (Å²) in [4.78, 5) is 6.95. The van der Waals surface area contributed by atoms with Gasteiger partial charge in [0.2, 0.25) is 0 Å². The molecule has 104 valence electrons. The Labute approximate surface area is 111 Å². The standard InChI is InChI=1S/C14H28N4/c1-12-6-9-18(10-7-12)11-8-16-14(15)17-13-4-2-3-5-13/h12-13H,2-11H2,1H3,(H3,15,16,17). The van der Waals surface area contributed by atoms with Gasteiger partial charge in [-0.05, 0) is 44.7 Å². The third-order valence-corrected chi connectivity index (χ3v) is 4.28. The summed E-state index contributed by atoms with van der Waals surface area (Å²) in [6, 6.07) is 0.574. The summed E-state index contributed by atoms with van der Waals surface area (Å²) in [7, 11) is 0. The summed E-state index contributed by atoms with van der Waals surface area (Å²) < 4.78 is 0. The molecule has 1 heterocycles. The molecule has 4 heteroatoms. The van der Waals surface area contributed by atoms with Crippen LogP contribution in [0, 0.1) is 5.92 Å². The fourth-order valence-electron chi connectivity index (χ4n) is 2.92. The number of nitrogens with zero attached hydrogens (tertiary/aromatic N) is 2. The molecule has 2 aliphatic rings. The van der Waals surface area contributed by atoms with Crippen molar-refractivity contribution in [3.63, 3.8) is 0 Å². The molecular formula is C14H28N4. The second kappa shape index (κ2) is 6.98. The van der Waals surface area contributed by atoms with E-state index in [-0.39, 0.29) is 0 Å². The van der Waals surface area contributed by atoms with Crippen LogP contribution in [-0.2, 0) is 0 Å².